The molecule has 8 heteroatoms. The van der Waals surface area contributed by atoms with Gasteiger partial charge in [0.15, 0.2) is 5.76 Å². The average Bonchev–Trinajstić information content (AvgIpc) is 3.21. The van der Waals surface area contributed by atoms with Crippen LogP contribution in [-0.2, 0) is 9.59 Å². The number of carbonyl (C=O) groups is 2. The van der Waals surface area contributed by atoms with Crippen LogP contribution in [0.3, 0.4) is 0 Å². The van der Waals surface area contributed by atoms with Crippen molar-refractivity contribution in [2.24, 2.45) is 0 Å². The van der Waals surface area contributed by atoms with E-state index < -0.39 is 17.7 Å². The van der Waals surface area contributed by atoms with Crippen molar-refractivity contribution in [3.63, 3.8) is 0 Å². The number of nitrogens with zero attached hydrogens (tertiary/aromatic N) is 4. The highest BCUT2D eigenvalue weighted by Crippen LogP contribution is 2.40. The molecule has 2 aromatic heterocycles. The van der Waals surface area contributed by atoms with Crippen molar-refractivity contribution in [1.29, 1.82) is 0 Å². The van der Waals surface area contributed by atoms with Crippen LogP contribution in [0.25, 0.3) is 11.4 Å². The fourth-order valence-electron chi connectivity index (χ4n) is 4.22. The quantitative estimate of drug-likeness (QED) is 0.319. The van der Waals surface area contributed by atoms with E-state index in [1.54, 1.807) is 22.4 Å². The number of pyridine rings is 1. The molecule has 0 aliphatic carbocycles. The van der Waals surface area contributed by atoms with Crippen LogP contribution in [0.4, 0.5) is 0 Å². The molecule has 1 saturated heterocycles. The number of carbonyl (C=O) groups excluding carboxylic acids is 2. The number of aliphatic hydroxyl groups excluding tert-OH is 1. The number of halogens is 1. The van der Waals surface area contributed by atoms with Crippen molar-refractivity contribution >= 4 is 39.0 Å². The Bertz CT molecular complexity index is 1230. The summed E-state index contributed by atoms with van der Waals surface area (Å²) < 4.78 is 2.57. The first-order chi connectivity index (χ1) is 15.3. The zero-order valence-corrected chi connectivity index (χ0v) is 19.8. The molecule has 0 unspecified atom stereocenters. The van der Waals surface area contributed by atoms with E-state index in [2.05, 4.69) is 20.9 Å². The van der Waals surface area contributed by atoms with Gasteiger partial charge in [0.2, 0.25) is 0 Å². The van der Waals surface area contributed by atoms with Crippen molar-refractivity contribution in [2.45, 2.75) is 19.4 Å². The predicted octanol–water partition coefficient (Wildman–Crippen LogP) is 3.78. The lowest BCUT2D eigenvalue weighted by Gasteiger charge is -2.26. The zero-order valence-electron chi connectivity index (χ0n) is 18.2. The second-order valence-corrected chi connectivity index (χ2v) is 9.09. The molecule has 1 aliphatic rings. The van der Waals surface area contributed by atoms with Gasteiger partial charge in [0, 0.05) is 17.2 Å². The second kappa shape index (κ2) is 8.88. The number of hydrogen-bond acceptors (Lipinski definition) is 5. The summed E-state index contributed by atoms with van der Waals surface area (Å²) in [7, 11) is 3.93. The van der Waals surface area contributed by atoms with Crippen LogP contribution < -0.4 is 0 Å². The van der Waals surface area contributed by atoms with E-state index in [4.69, 9.17) is 0 Å². The number of aryl methyl sites for hydroxylation is 1. The largest absolute Gasteiger partial charge is 0.505 e. The Hall–Kier alpha value is -2.97. The van der Waals surface area contributed by atoms with Crippen molar-refractivity contribution in [1.82, 2.24) is 19.2 Å². The molecule has 1 fully saturated rings. The molecule has 1 aromatic carbocycles. The third kappa shape index (κ3) is 3.96. The van der Waals surface area contributed by atoms with Gasteiger partial charge in [-0.3, -0.25) is 14.0 Å². The molecule has 3 aromatic rings. The average molecular weight is 497 g/mol. The first kappa shape index (κ1) is 22.2. The lowest BCUT2D eigenvalue weighted by Crippen LogP contribution is -2.32. The summed E-state index contributed by atoms with van der Waals surface area (Å²) in [6.07, 6.45) is 2.49. The van der Waals surface area contributed by atoms with Crippen LogP contribution in [0, 0.1) is 6.92 Å². The molecule has 3 heterocycles. The van der Waals surface area contributed by atoms with Crippen LogP contribution in [0.2, 0.25) is 0 Å². The lowest BCUT2D eigenvalue weighted by atomic mass is 9.96. The summed E-state index contributed by atoms with van der Waals surface area (Å²) in [5, 5.41) is 11.4. The van der Waals surface area contributed by atoms with Gasteiger partial charge >= 0.3 is 0 Å². The van der Waals surface area contributed by atoms with E-state index >= 15 is 0 Å². The fraction of sp³-hybridized carbons (Fsp3) is 0.292. The molecule has 1 N–H and O–H groups in total. The van der Waals surface area contributed by atoms with E-state index in [1.165, 1.54) is 0 Å². The Labute approximate surface area is 195 Å². The van der Waals surface area contributed by atoms with E-state index in [9.17, 15) is 14.7 Å². The highest BCUT2D eigenvalue weighted by Gasteiger charge is 2.46. The molecule has 166 valence electrons. The summed E-state index contributed by atoms with van der Waals surface area (Å²) >= 11 is 3.48. The van der Waals surface area contributed by atoms with Gasteiger partial charge in [-0.15, -0.1) is 0 Å². The van der Waals surface area contributed by atoms with Crippen molar-refractivity contribution in [3.05, 3.63) is 75.7 Å². The number of aliphatic hydroxyl groups is 1. The Morgan fingerprint density at radius 3 is 2.69 bits per heavy atom. The zero-order chi connectivity index (χ0) is 23.0. The Balaban J connectivity index is 1.89. The van der Waals surface area contributed by atoms with Crippen LogP contribution in [0.1, 0.15) is 29.4 Å². The van der Waals surface area contributed by atoms with Crippen molar-refractivity contribution < 1.29 is 14.7 Å². The van der Waals surface area contributed by atoms with Crippen LogP contribution in [0.15, 0.2) is 58.7 Å². The molecule has 32 heavy (non-hydrogen) atoms. The third-order valence-corrected chi connectivity index (χ3v) is 6.13. The molecule has 0 spiro atoms. The predicted molar refractivity (Wildman–Crippen MR) is 126 cm³/mol. The van der Waals surface area contributed by atoms with Gasteiger partial charge in [0.05, 0.1) is 17.3 Å². The number of likely N-dealkylation sites (tertiary alicyclic amines) is 1. The standard InChI is InChI=1S/C24H25BrN4O3/c1-15-20(28-12-5-4-10-18(28)26-15)22(30)19-21(16-8-6-9-17(25)14-16)29(24(32)23(19)31)13-7-11-27(2)3/h4-6,8-10,12,14,21,30H,7,11,13H2,1-3H3/b22-19+/t21-/m1/s1. The maximum Gasteiger partial charge on any atom is 0.295 e. The molecule has 0 saturated carbocycles. The molecule has 1 aliphatic heterocycles. The lowest BCUT2D eigenvalue weighted by molar-refractivity contribution is -0.139. The van der Waals surface area contributed by atoms with E-state index in [0.717, 1.165) is 16.6 Å². The monoisotopic (exact) mass is 496 g/mol. The summed E-state index contributed by atoms with van der Waals surface area (Å²) in [6.45, 7) is 2.97. The first-order valence-electron chi connectivity index (χ1n) is 10.4. The number of hydrogen-bond donors (Lipinski definition) is 1. The maximum absolute atomic E-state index is 13.2. The highest BCUT2D eigenvalue weighted by molar-refractivity contribution is 9.10. The van der Waals surface area contributed by atoms with Gasteiger partial charge in [0.1, 0.15) is 11.3 Å². The molecular weight excluding hydrogens is 472 g/mol. The number of Topliss-reactive ketones (excluding diaryl/α,β-unsaturated/α-hetero) is 1. The van der Waals surface area contributed by atoms with Crippen molar-refractivity contribution in [2.75, 3.05) is 27.2 Å². The van der Waals surface area contributed by atoms with E-state index in [1.807, 2.05) is 61.5 Å². The number of benzene rings is 1. The Kier molecular flexibility index (Phi) is 6.17. The number of imidazole rings is 1. The van der Waals surface area contributed by atoms with Crippen LogP contribution >= 0.6 is 15.9 Å². The third-order valence-electron chi connectivity index (χ3n) is 5.64. The first-order valence-corrected chi connectivity index (χ1v) is 11.2. The highest BCUT2D eigenvalue weighted by atomic mass is 79.9. The number of amides is 1. The molecule has 0 radical (unpaired) electrons. The minimum Gasteiger partial charge on any atom is -0.505 e. The molecule has 1 atom stereocenters. The van der Waals surface area contributed by atoms with Gasteiger partial charge in [-0.25, -0.2) is 4.98 Å². The summed E-state index contributed by atoms with van der Waals surface area (Å²) in [4.78, 5) is 34.4. The molecule has 1 amide bonds. The normalized spacial score (nSPS) is 18.3. The minimum atomic E-state index is -0.678. The molecule has 0 bridgehead atoms. The van der Waals surface area contributed by atoms with Crippen molar-refractivity contribution in [3.8, 4) is 0 Å². The second-order valence-electron chi connectivity index (χ2n) is 8.18. The SMILES string of the molecule is Cc1nc2ccccn2c1/C(O)=C1\C(=O)C(=O)N(CCCN(C)C)[C@@H]1c1cccc(Br)c1. The summed E-state index contributed by atoms with van der Waals surface area (Å²) in [5.41, 5.74) is 2.52. The maximum atomic E-state index is 13.2. The van der Waals surface area contributed by atoms with Gasteiger partial charge in [-0.05, 0) is 63.8 Å². The van der Waals surface area contributed by atoms with Gasteiger partial charge < -0.3 is 14.9 Å². The van der Waals surface area contributed by atoms with E-state index in [-0.39, 0.29) is 11.3 Å². The Morgan fingerprint density at radius 2 is 1.97 bits per heavy atom. The number of ketones is 1. The minimum absolute atomic E-state index is 0.0895. The van der Waals surface area contributed by atoms with Gasteiger partial charge in [-0.2, -0.15) is 0 Å². The molecule has 7 nitrogen and oxygen atoms in total. The smallest absolute Gasteiger partial charge is 0.295 e. The molecular formula is C24H25BrN4O3. The number of rotatable bonds is 6. The molecule has 4 rings (SSSR count). The topological polar surface area (TPSA) is 78.1 Å². The van der Waals surface area contributed by atoms with Gasteiger partial charge in [-0.1, -0.05) is 34.1 Å². The fourth-order valence-corrected chi connectivity index (χ4v) is 4.63. The van der Waals surface area contributed by atoms with Gasteiger partial charge in [0.25, 0.3) is 11.7 Å². The van der Waals surface area contributed by atoms with E-state index in [0.29, 0.717) is 30.0 Å². The number of fused-ring (bicyclic) bond motifs is 1. The number of aromatic nitrogens is 2. The Morgan fingerprint density at radius 1 is 1.19 bits per heavy atom. The van der Waals surface area contributed by atoms with Crippen LogP contribution in [0.5, 0.6) is 0 Å². The summed E-state index contributed by atoms with van der Waals surface area (Å²) in [5.74, 6) is -1.48. The summed E-state index contributed by atoms with van der Waals surface area (Å²) in [6, 6.07) is 12.3. The van der Waals surface area contributed by atoms with Crippen LogP contribution in [-0.4, -0.2) is 63.2 Å².